The molecule has 0 saturated carbocycles. The van der Waals surface area contributed by atoms with Gasteiger partial charge >= 0.3 is 0 Å². The second-order valence-electron chi connectivity index (χ2n) is 3.34. The van der Waals surface area contributed by atoms with Gasteiger partial charge in [-0.1, -0.05) is 17.7 Å². The summed E-state index contributed by atoms with van der Waals surface area (Å²) >= 11 is 5.71. The average Bonchev–Trinajstić information content (AvgIpc) is 2.25. The summed E-state index contributed by atoms with van der Waals surface area (Å²) in [5.41, 5.74) is -0.697. The molecule has 0 bridgehead atoms. The lowest BCUT2D eigenvalue weighted by Gasteiger charge is -2.07. The Bertz CT molecular complexity index is 561. The molecule has 2 aromatic rings. The minimum absolute atomic E-state index is 0.0742. The van der Waals surface area contributed by atoms with Gasteiger partial charge in [0.05, 0.1) is 5.02 Å². The Balaban J connectivity index is 2.73. The van der Waals surface area contributed by atoms with Gasteiger partial charge in [-0.15, -0.1) is 0 Å². The molecule has 17 heavy (non-hydrogen) atoms. The van der Waals surface area contributed by atoms with Gasteiger partial charge in [-0.25, -0.2) is 17.6 Å². The lowest BCUT2D eigenvalue weighted by molar-refractivity contribution is 0.495. The van der Waals surface area contributed by atoms with Crippen LogP contribution in [0, 0.1) is 23.3 Å². The fourth-order valence-corrected chi connectivity index (χ4v) is 1.73. The highest BCUT2D eigenvalue weighted by atomic mass is 35.5. The van der Waals surface area contributed by atoms with Gasteiger partial charge in [-0.2, -0.15) is 0 Å². The number of hydrogen-bond acceptors (Lipinski definition) is 0. The third-order valence-electron chi connectivity index (χ3n) is 2.24. The Morgan fingerprint density at radius 1 is 0.765 bits per heavy atom. The molecule has 0 aliphatic heterocycles. The van der Waals surface area contributed by atoms with E-state index < -0.39 is 28.8 Å². The summed E-state index contributed by atoms with van der Waals surface area (Å²) in [4.78, 5) is 0. The van der Waals surface area contributed by atoms with Gasteiger partial charge in [0.15, 0.2) is 11.6 Å². The first-order chi connectivity index (χ1) is 8.00. The zero-order chi connectivity index (χ0) is 12.6. The molecule has 0 N–H and O–H groups in total. The smallest absolute Gasteiger partial charge is 0.161 e. The largest absolute Gasteiger partial charge is 0.206 e. The van der Waals surface area contributed by atoms with E-state index in [2.05, 4.69) is 0 Å². The molecule has 0 aliphatic rings. The van der Waals surface area contributed by atoms with Gasteiger partial charge in [0.2, 0.25) is 0 Å². The molecular formula is C12H5ClF4. The highest BCUT2D eigenvalue weighted by Crippen LogP contribution is 2.33. The van der Waals surface area contributed by atoms with E-state index in [0.717, 1.165) is 6.07 Å². The van der Waals surface area contributed by atoms with E-state index in [1.807, 2.05) is 0 Å². The molecule has 0 atom stereocenters. The maximum absolute atomic E-state index is 13.5. The summed E-state index contributed by atoms with van der Waals surface area (Å²) < 4.78 is 52.7. The number of hydrogen-bond donors (Lipinski definition) is 0. The van der Waals surface area contributed by atoms with Crippen LogP contribution >= 0.6 is 11.6 Å². The Labute approximate surface area is 99.5 Å². The predicted molar refractivity (Wildman–Crippen MR) is 56.7 cm³/mol. The van der Waals surface area contributed by atoms with E-state index in [4.69, 9.17) is 11.6 Å². The molecule has 0 unspecified atom stereocenters. The number of halogens is 5. The molecule has 0 amide bonds. The molecule has 0 spiro atoms. The van der Waals surface area contributed by atoms with Gasteiger partial charge in [0, 0.05) is 17.2 Å². The zero-order valence-electron chi connectivity index (χ0n) is 8.28. The fourth-order valence-electron chi connectivity index (χ4n) is 1.47. The summed E-state index contributed by atoms with van der Waals surface area (Å²) in [6.07, 6.45) is 0. The van der Waals surface area contributed by atoms with Crippen molar-refractivity contribution in [3.8, 4) is 11.1 Å². The van der Waals surface area contributed by atoms with Crippen molar-refractivity contribution in [2.24, 2.45) is 0 Å². The molecule has 0 heterocycles. The first-order valence-corrected chi connectivity index (χ1v) is 4.97. The topological polar surface area (TPSA) is 0 Å². The van der Waals surface area contributed by atoms with Crippen LogP contribution in [-0.2, 0) is 0 Å². The van der Waals surface area contributed by atoms with E-state index in [1.165, 1.54) is 12.1 Å². The first-order valence-electron chi connectivity index (χ1n) is 4.59. The van der Waals surface area contributed by atoms with E-state index in [0.29, 0.717) is 12.1 Å². The summed E-state index contributed by atoms with van der Waals surface area (Å²) in [5.74, 6) is -4.47. The van der Waals surface area contributed by atoms with E-state index in [9.17, 15) is 17.6 Å². The zero-order valence-corrected chi connectivity index (χ0v) is 9.03. The SMILES string of the molecule is Fc1cc(F)c(-c2c(F)cccc2Cl)cc1F. The second-order valence-corrected chi connectivity index (χ2v) is 3.75. The van der Waals surface area contributed by atoms with E-state index in [-0.39, 0.29) is 10.6 Å². The van der Waals surface area contributed by atoms with Crippen LogP contribution in [0.3, 0.4) is 0 Å². The van der Waals surface area contributed by atoms with Crippen molar-refractivity contribution in [3.05, 3.63) is 58.6 Å². The van der Waals surface area contributed by atoms with E-state index in [1.54, 1.807) is 0 Å². The highest BCUT2D eigenvalue weighted by Gasteiger charge is 2.17. The van der Waals surface area contributed by atoms with Crippen molar-refractivity contribution in [3.63, 3.8) is 0 Å². The van der Waals surface area contributed by atoms with Crippen molar-refractivity contribution in [1.29, 1.82) is 0 Å². The minimum Gasteiger partial charge on any atom is -0.206 e. The molecule has 0 radical (unpaired) electrons. The molecule has 0 fully saturated rings. The summed E-state index contributed by atoms with van der Waals surface area (Å²) in [5, 5.41) is -0.0742. The summed E-state index contributed by atoms with van der Waals surface area (Å²) in [7, 11) is 0. The van der Waals surface area contributed by atoms with Crippen LogP contribution in [0.5, 0.6) is 0 Å². The van der Waals surface area contributed by atoms with E-state index >= 15 is 0 Å². The highest BCUT2D eigenvalue weighted by molar-refractivity contribution is 6.33. The Hall–Kier alpha value is -1.55. The molecule has 88 valence electrons. The molecule has 0 aliphatic carbocycles. The normalized spacial score (nSPS) is 10.6. The maximum Gasteiger partial charge on any atom is 0.161 e. The fraction of sp³-hybridized carbons (Fsp3) is 0. The predicted octanol–water partition coefficient (Wildman–Crippen LogP) is 4.56. The average molecular weight is 261 g/mol. The molecule has 0 saturated heterocycles. The quantitative estimate of drug-likeness (QED) is 0.521. The lowest BCUT2D eigenvalue weighted by atomic mass is 10.0. The Morgan fingerprint density at radius 2 is 1.41 bits per heavy atom. The van der Waals surface area contributed by atoms with Crippen LogP contribution < -0.4 is 0 Å². The second kappa shape index (κ2) is 4.37. The van der Waals surface area contributed by atoms with Crippen LogP contribution in [0.15, 0.2) is 30.3 Å². The van der Waals surface area contributed by atoms with Crippen LogP contribution in [0.4, 0.5) is 17.6 Å². The molecule has 0 aromatic heterocycles. The number of benzene rings is 2. The van der Waals surface area contributed by atoms with Crippen LogP contribution in [0.2, 0.25) is 5.02 Å². The monoisotopic (exact) mass is 260 g/mol. The molecule has 5 heteroatoms. The minimum atomic E-state index is -1.33. The summed E-state index contributed by atoms with van der Waals surface area (Å²) in [6, 6.07) is 4.66. The maximum atomic E-state index is 13.5. The van der Waals surface area contributed by atoms with Gasteiger partial charge < -0.3 is 0 Å². The molecule has 0 nitrogen and oxygen atoms in total. The third-order valence-corrected chi connectivity index (χ3v) is 2.56. The van der Waals surface area contributed by atoms with Gasteiger partial charge in [0.25, 0.3) is 0 Å². The molecule has 2 aromatic carbocycles. The van der Waals surface area contributed by atoms with Crippen LogP contribution in [0.25, 0.3) is 11.1 Å². The van der Waals surface area contributed by atoms with Crippen molar-refractivity contribution in [1.82, 2.24) is 0 Å². The van der Waals surface area contributed by atoms with Crippen molar-refractivity contribution in [2.75, 3.05) is 0 Å². The van der Waals surface area contributed by atoms with Gasteiger partial charge in [-0.05, 0) is 18.2 Å². The van der Waals surface area contributed by atoms with Crippen molar-refractivity contribution in [2.45, 2.75) is 0 Å². The summed E-state index contributed by atoms with van der Waals surface area (Å²) in [6.45, 7) is 0. The number of rotatable bonds is 1. The molecular weight excluding hydrogens is 256 g/mol. The standard InChI is InChI=1S/C12H5ClF4/c13-7-2-1-3-8(14)12(7)6-4-10(16)11(17)5-9(6)15/h1-5H. The lowest BCUT2D eigenvalue weighted by Crippen LogP contribution is -1.94. The van der Waals surface area contributed by atoms with Crippen LogP contribution in [-0.4, -0.2) is 0 Å². The van der Waals surface area contributed by atoms with Crippen LogP contribution in [0.1, 0.15) is 0 Å². The Kier molecular flexibility index (Phi) is 3.07. The third kappa shape index (κ3) is 2.13. The first kappa shape index (κ1) is 11.9. The van der Waals surface area contributed by atoms with Crippen molar-refractivity contribution >= 4 is 11.6 Å². The molecule has 2 rings (SSSR count). The van der Waals surface area contributed by atoms with Gasteiger partial charge in [0.1, 0.15) is 11.6 Å². The Morgan fingerprint density at radius 3 is 2.06 bits per heavy atom. The van der Waals surface area contributed by atoms with Gasteiger partial charge in [-0.3, -0.25) is 0 Å². The van der Waals surface area contributed by atoms with Crippen molar-refractivity contribution < 1.29 is 17.6 Å².